The number of aromatic nitrogens is 1. The van der Waals surface area contributed by atoms with Crippen LogP contribution in [0.4, 0.5) is 11.4 Å². The SMILES string of the molecule is Cc1cc(N(C)C)ccc1NC(=O)c1cccc(OCc2c(C)noc2C)c1. The number of rotatable bonds is 6. The summed E-state index contributed by atoms with van der Waals surface area (Å²) in [5.74, 6) is 1.18. The van der Waals surface area contributed by atoms with E-state index in [-0.39, 0.29) is 5.91 Å². The third-order valence-electron chi connectivity index (χ3n) is 4.64. The van der Waals surface area contributed by atoms with Crippen molar-refractivity contribution in [1.29, 1.82) is 0 Å². The van der Waals surface area contributed by atoms with Gasteiger partial charge in [0.1, 0.15) is 18.1 Å². The number of amides is 1. The predicted octanol–water partition coefficient (Wildman–Crippen LogP) is 4.50. The number of hydrogen-bond acceptors (Lipinski definition) is 5. The summed E-state index contributed by atoms with van der Waals surface area (Å²) in [5.41, 5.74) is 5.15. The molecule has 0 saturated carbocycles. The summed E-state index contributed by atoms with van der Waals surface area (Å²) >= 11 is 0. The molecule has 0 aliphatic heterocycles. The summed E-state index contributed by atoms with van der Waals surface area (Å²) in [6.45, 7) is 6.05. The zero-order valence-electron chi connectivity index (χ0n) is 16.9. The topological polar surface area (TPSA) is 67.6 Å². The Morgan fingerprint density at radius 1 is 1.14 bits per heavy atom. The highest BCUT2D eigenvalue weighted by Crippen LogP contribution is 2.23. The number of nitrogens with zero attached hydrogens (tertiary/aromatic N) is 2. The molecule has 0 unspecified atom stereocenters. The van der Waals surface area contributed by atoms with Crippen molar-refractivity contribution < 1.29 is 14.1 Å². The number of carbonyl (C=O) groups is 1. The van der Waals surface area contributed by atoms with Crippen LogP contribution in [-0.2, 0) is 6.61 Å². The van der Waals surface area contributed by atoms with E-state index in [1.54, 1.807) is 18.2 Å². The molecule has 0 radical (unpaired) electrons. The Hall–Kier alpha value is -3.28. The summed E-state index contributed by atoms with van der Waals surface area (Å²) in [6.07, 6.45) is 0. The minimum absolute atomic E-state index is 0.177. The number of carbonyl (C=O) groups excluding carboxylic acids is 1. The van der Waals surface area contributed by atoms with E-state index in [0.29, 0.717) is 17.9 Å². The fourth-order valence-electron chi connectivity index (χ4n) is 2.85. The molecule has 146 valence electrons. The van der Waals surface area contributed by atoms with Crippen LogP contribution in [-0.4, -0.2) is 25.2 Å². The number of aryl methyl sites for hydroxylation is 3. The molecule has 1 aromatic heterocycles. The van der Waals surface area contributed by atoms with Gasteiger partial charge in [-0.2, -0.15) is 0 Å². The number of ether oxygens (including phenoxy) is 1. The fourth-order valence-corrected chi connectivity index (χ4v) is 2.85. The number of benzene rings is 2. The van der Waals surface area contributed by atoms with Crippen LogP contribution in [0.5, 0.6) is 5.75 Å². The Kier molecular flexibility index (Phi) is 5.68. The molecule has 6 nitrogen and oxygen atoms in total. The number of hydrogen-bond donors (Lipinski definition) is 1. The van der Waals surface area contributed by atoms with Crippen LogP contribution in [0.3, 0.4) is 0 Å². The molecule has 0 atom stereocenters. The van der Waals surface area contributed by atoms with Crippen molar-refractivity contribution in [2.75, 3.05) is 24.3 Å². The molecular formula is C22H25N3O3. The standard InChI is InChI=1S/C22H25N3O3/c1-14-11-18(25(4)5)9-10-21(14)23-22(26)17-7-6-8-19(12-17)27-13-20-15(2)24-28-16(20)3/h6-12H,13H2,1-5H3,(H,23,26). The molecule has 0 spiro atoms. The van der Waals surface area contributed by atoms with Gasteiger partial charge in [-0.15, -0.1) is 0 Å². The van der Waals surface area contributed by atoms with Gasteiger partial charge in [0.2, 0.25) is 0 Å². The Labute approximate surface area is 165 Å². The van der Waals surface area contributed by atoms with Gasteiger partial charge in [-0.3, -0.25) is 4.79 Å². The summed E-state index contributed by atoms with van der Waals surface area (Å²) < 4.78 is 11.0. The first kappa shape index (κ1) is 19.5. The smallest absolute Gasteiger partial charge is 0.255 e. The van der Waals surface area contributed by atoms with Gasteiger partial charge in [0.15, 0.2) is 0 Å². The number of nitrogens with one attached hydrogen (secondary N) is 1. The van der Waals surface area contributed by atoms with E-state index in [4.69, 9.17) is 9.26 Å². The normalized spacial score (nSPS) is 10.6. The average Bonchev–Trinajstić information content (AvgIpc) is 2.99. The lowest BCUT2D eigenvalue weighted by Gasteiger charge is -2.15. The Morgan fingerprint density at radius 3 is 2.57 bits per heavy atom. The van der Waals surface area contributed by atoms with Gasteiger partial charge in [0, 0.05) is 31.0 Å². The van der Waals surface area contributed by atoms with Crippen molar-refractivity contribution in [3.05, 3.63) is 70.6 Å². The van der Waals surface area contributed by atoms with Gasteiger partial charge >= 0.3 is 0 Å². The van der Waals surface area contributed by atoms with Crippen LogP contribution < -0.4 is 15.0 Å². The molecular weight excluding hydrogens is 354 g/mol. The quantitative estimate of drug-likeness (QED) is 0.683. The molecule has 6 heteroatoms. The minimum atomic E-state index is -0.177. The first-order valence-corrected chi connectivity index (χ1v) is 9.09. The lowest BCUT2D eigenvalue weighted by atomic mass is 10.1. The van der Waals surface area contributed by atoms with Crippen LogP contribution in [0.1, 0.15) is 32.9 Å². The van der Waals surface area contributed by atoms with Crippen LogP contribution in [0.15, 0.2) is 47.0 Å². The maximum Gasteiger partial charge on any atom is 0.255 e. The van der Waals surface area contributed by atoms with E-state index in [1.165, 1.54) is 0 Å². The second-order valence-corrected chi connectivity index (χ2v) is 6.97. The molecule has 0 aliphatic rings. The second-order valence-electron chi connectivity index (χ2n) is 6.97. The van der Waals surface area contributed by atoms with Crippen molar-refractivity contribution in [1.82, 2.24) is 5.16 Å². The van der Waals surface area contributed by atoms with Crippen molar-refractivity contribution in [2.45, 2.75) is 27.4 Å². The first-order valence-electron chi connectivity index (χ1n) is 9.09. The van der Waals surface area contributed by atoms with Crippen molar-refractivity contribution >= 4 is 17.3 Å². The molecule has 3 rings (SSSR count). The summed E-state index contributed by atoms with van der Waals surface area (Å²) in [6, 6.07) is 13.1. The second kappa shape index (κ2) is 8.17. The molecule has 0 saturated heterocycles. The van der Waals surface area contributed by atoms with Crippen molar-refractivity contribution in [2.24, 2.45) is 0 Å². The van der Waals surface area contributed by atoms with Gasteiger partial charge in [-0.25, -0.2) is 0 Å². The summed E-state index contributed by atoms with van der Waals surface area (Å²) in [4.78, 5) is 14.7. The molecule has 1 amide bonds. The van der Waals surface area contributed by atoms with Gasteiger partial charge < -0.3 is 19.5 Å². The lowest BCUT2D eigenvalue weighted by Crippen LogP contribution is -2.14. The molecule has 28 heavy (non-hydrogen) atoms. The van der Waals surface area contributed by atoms with Crippen molar-refractivity contribution in [3.8, 4) is 5.75 Å². The molecule has 1 N–H and O–H groups in total. The monoisotopic (exact) mass is 379 g/mol. The Balaban J connectivity index is 1.70. The summed E-state index contributed by atoms with van der Waals surface area (Å²) in [5, 5.41) is 6.89. The van der Waals surface area contributed by atoms with Gasteiger partial charge in [-0.05, 0) is 62.7 Å². The molecule has 1 heterocycles. The molecule has 0 fully saturated rings. The van der Waals surface area contributed by atoms with E-state index >= 15 is 0 Å². The van der Waals surface area contributed by atoms with Gasteiger partial charge in [0.25, 0.3) is 5.91 Å². The van der Waals surface area contributed by atoms with E-state index in [1.807, 2.05) is 64.0 Å². The zero-order chi connectivity index (χ0) is 20.3. The van der Waals surface area contributed by atoms with Gasteiger partial charge in [0.05, 0.1) is 11.3 Å². The summed E-state index contributed by atoms with van der Waals surface area (Å²) in [7, 11) is 3.97. The Bertz CT molecular complexity index is 973. The maximum atomic E-state index is 12.7. The van der Waals surface area contributed by atoms with Crippen LogP contribution in [0, 0.1) is 20.8 Å². The Morgan fingerprint density at radius 2 is 1.93 bits per heavy atom. The molecule has 3 aromatic rings. The lowest BCUT2D eigenvalue weighted by molar-refractivity contribution is 0.102. The highest BCUT2D eigenvalue weighted by molar-refractivity contribution is 6.05. The highest BCUT2D eigenvalue weighted by Gasteiger charge is 2.12. The highest BCUT2D eigenvalue weighted by atomic mass is 16.5. The van der Waals surface area contributed by atoms with E-state index in [2.05, 4.69) is 10.5 Å². The van der Waals surface area contributed by atoms with Crippen LogP contribution >= 0.6 is 0 Å². The third-order valence-corrected chi connectivity index (χ3v) is 4.64. The van der Waals surface area contributed by atoms with E-state index < -0.39 is 0 Å². The molecule has 2 aromatic carbocycles. The van der Waals surface area contributed by atoms with Crippen LogP contribution in [0.2, 0.25) is 0 Å². The van der Waals surface area contributed by atoms with Crippen LogP contribution in [0.25, 0.3) is 0 Å². The average molecular weight is 379 g/mol. The molecule has 0 aliphatic carbocycles. The van der Waals surface area contributed by atoms with E-state index in [9.17, 15) is 4.79 Å². The fraction of sp³-hybridized carbons (Fsp3) is 0.273. The van der Waals surface area contributed by atoms with Crippen molar-refractivity contribution in [3.63, 3.8) is 0 Å². The predicted molar refractivity (Wildman–Crippen MR) is 110 cm³/mol. The third kappa shape index (κ3) is 4.34. The van der Waals surface area contributed by atoms with Gasteiger partial charge in [-0.1, -0.05) is 11.2 Å². The van der Waals surface area contributed by atoms with E-state index in [0.717, 1.165) is 34.0 Å². The minimum Gasteiger partial charge on any atom is -0.489 e. The first-order chi connectivity index (χ1) is 13.3. The zero-order valence-corrected chi connectivity index (χ0v) is 16.9. The number of anilines is 2. The molecule has 0 bridgehead atoms. The maximum absolute atomic E-state index is 12.7. The largest absolute Gasteiger partial charge is 0.489 e.